The molecule has 0 aliphatic heterocycles. The molecular formula is C13H21N3O3S. The molecule has 0 aromatic carbocycles. The van der Waals surface area contributed by atoms with E-state index in [4.69, 9.17) is 15.3 Å². The van der Waals surface area contributed by atoms with Gasteiger partial charge in [0.05, 0.1) is 0 Å². The Hall–Kier alpha value is -1.63. The van der Waals surface area contributed by atoms with Gasteiger partial charge in [0.2, 0.25) is 5.60 Å². The summed E-state index contributed by atoms with van der Waals surface area (Å²) in [5, 5.41) is 6.17. The molecule has 7 heteroatoms. The number of esters is 1. The summed E-state index contributed by atoms with van der Waals surface area (Å²) in [6, 6.07) is 0. The van der Waals surface area contributed by atoms with Crippen molar-refractivity contribution in [2.45, 2.75) is 52.7 Å². The summed E-state index contributed by atoms with van der Waals surface area (Å²) in [4.78, 5) is 21.4. The van der Waals surface area contributed by atoms with Crippen LogP contribution in [0.25, 0.3) is 0 Å². The first-order chi connectivity index (χ1) is 9.01. The van der Waals surface area contributed by atoms with E-state index in [1.54, 1.807) is 46.9 Å². The summed E-state index contributed by atoms with van der Waals surface area (Å²) in [5.41, 5.74) is 5.00. The lowest BCUT2D eigenvalue weighted by molar-refractivity contribution is -0.179. The van der Waals surface area contributed by atoms with Crippen molar-refractivity contribution < 1.29 is 14.4 Å². The molecule has 1 aromatic rings. The second-order valence-electron chi connectivity index (χ2n) is 5.85. The highest BCUT2D eigenvalue weighted by atomic mass is 32.1. The first-order valence-electron chi connectivity index (χ1n) is 6.19. The molecule has 1 rings (SSSR count). The Kier molecular flexibility index (Phi) is 4.75. The van der Waals surface area contributed by atoms with Gasteiger partial charge < -0.3 is 15.3 Å². The van der Waals surface area contributed by atoms with Crippen LogP contribution in [0, 0.1) is 0 Å². The summed E-state index contributed by atoms with van der Waals surface area (Å²) >= 11 is 1.32. The zero-order valence-electron chi connectivity index (χ0n) is 12.7. The Bertz CT molecular complexity index is 515. The van der Waals surface area contributed by atoms with Crippen LogP contribution in [0.5, 0.6) is 0 Å². The SMILES string of the molecule is C/C(=N/OC(C)(C)C(=O)OC(C)(C)C)c1csc(N)n1. The summed E-state index contributed by atoms with van der Waals surface area (Å²) in [6.45, 7) is 10.3. The van der Waals surface area contributed by atoms with Gasteiger partial charge >= 0.3 is 5.97 Å². The van der Waals surface area contributed by atoms with Crippen LogP contribution in [0.4, 0.5) is 5.13 Å². The molecule has 20 heavy (non-hydrogen) atoms. The van der Waals surface area contributed by atoms with Gasteiger partial charge in [0.15, 0.2) is 5.13 Å². The number of nitrogens with two attached hydrogens (primary N) is 1. The fraction of sp³-hybridized carbons (Fsp3) is 0.615. The number of carbonyl (C=O) groups is 1. The van der Waals surface area contributed by atoms with Crippen molar-refractivity contribution in [3.05, 3.63) is 11.1 Å². The van der Waals surface area contributed by atoms with Gasteiger partial charge in [0, 0.05) is 5.38 Å². The Morgan fingerprint density at radius 3 is 2.40 bits per heavy atom. The summed E-state index contributed by atoms with van der Waals surface area (Å²) < 4.78 is 5.28. The number of carbonyl (C=O) groups excluding carboxylic acids is 1. The molecule has 0 saturated carbocycles. The third kappa shape index (κ3) is 4.80. The Morgan fingerprint density at radius 1 is 1.35 bits per heavy atom. The van der Waals surface area contributed by atoms with Crippen molar-refractivity contribution in [2.75, 3.05) is 5.73 Å². The molecule has 0 radical (unpaired) electrons. The van der Waals surface area contributed by atoms with Crippen LogP contribution in [0.3, 0.4) is 0 Å². The number of rotatable bonds is 4. The quantitative estimate of drug-likeness (QED) is 0.524. The zero-order valence-corrected chi connectivity index (χ0v) is 13.5. The minimum absolute atomic E-state index is 0.459. The smallest absolute Gasteiger partial charge is 0.353 e. The summed E-state index contributed by atoms with van der Waals surface area (Å²) in [7, 11) is 0. The first kappa shape index (κ1) is 16.4. The van der Waals surface area contributed by atoms with Crippen molar-refractivity contribution in [1.29, 1.82) is 0 Å². The molecule has 2 N–H and O–H groups in total. The number of oxime groups is 1. The Balaban J connectivity index is 2.73. The van der Waals surface area contributed by atoms with E-state index in [1.165, 1.54) is 11.3 Å². The van der Waals surface area contributed by atoms with E-state index >= 15 is 0 Å². The van der Waals surface area contributed by atoms with Crippen molar-refractivity contribution in [3.63, 3.8) is 0 Å². The molecule has 0 fully saturated rings. The van der Waals surface area contributed by atoms with Gasteiger partial charge in [0.1, 0.15) is 17.0 Å². The lowest BCUT2D eigenvalue weighted by atomic mass is 10.1. The van der Waals surface area contributed by atoms with Crippen molar-refractivity contribution in [3.8, 4) is 0 Å². The molecule has 112 valence electrons. The summed E-state index contributed by atoms with van der Waals surface area (Å²) in [6.07, 6.45) is 0. The number of hydrogen-bond donors (Lipinski definition) is 1. The molecule has 0 spiro atoms. The van der Waals surface area contributed by atoms with E-state index < -0.39 is 17.2 Å². The van der Waals surface area contributed by atoms with Gasteiger partial charge in [-0.25, -0.2) is 9.78 Å². The van der Waals surface area contributed by atoms with E-state index in [-0.39, 0.29) is 0 Å². The largest absolute Gasteiger partial charge is 0.457 e. The van der Waals surface area contributed by atoms with Crippen LogP contribution in [-0.2, 0) is 14.4 Å². The molecule has 0 atom stereocenters. The predicted octanol–water partition coefficient (Wildman–Crippen LogP) is 2.59. The molecule has 0 saturated heterocycles. The maximum Gasteiger partial charge on any atom is 0.353 e. The topological polar surface area (TPSA) is 86.8 Å². The van der Waals surface area contributed by atoms with Gasteiger partial charge in [-0.05, 0) is 41.5 Å². The van der Waals surface area contributed by atoms with E-state index in [0.717, 1.165) is 0 Å². The Morgan fingerprint density at radius 2 is 1.95 bits per heavy atom. The maximum atomic E-state index is 12.0. The number of aromatic nitrogens is 1. The number of ether oxygens (including phenoxy) is 1. The highest BCUT2D eigenvalue weighted by Crippen LogP contribution is 2.19. The van der Waals surface area contributed by atoms with Gasteiger partial charge in [-0.3, -0.25) is 0 Å². The van der Waals surface area contributed by atoms with Crippen LogP contribution < -0.4 is 5.73 Å². The molecule has 1 heterocycles. The van der Waals surface area contributed by atoms with Gasteiger partial charge in [-0.15, -0.1) is 11.3 Å². The number of thiazole rings is 1. The van der Waals surface area contributed by atoms with Crippen molar-refractivity contribution >= 4 is 28.1 Å². The molecule has 6 nitrogen and oxygen atoms in total. The zero-order chi connectivity index (χ0) is 15.6. The van der Waals surface area contributed by atoms with Crippen LogP contribution >= 0.6 is 11.3 Å². The standard InChI is InChI=1S/C13H21N3O3S/c1-8(9-7-20-11(14)15-9)16-19-13(5,6)10(17)18-12(2,3)4/h7H,1-6H3,(H2,14,15)/b16-8-. The van der Waals surface area contributed by atoms with Crippen molar-refractivity contribution in [2.24, 2.45) is 5.16 Å². The molecule has 0 amide bonds. The fourth-order valence-corrected chi connectivity index (χ4v) is 1.73. The van der Waals surface area contributed by atoms with Crippen LogP contribution in [0.1, 0.15) is 47.2 Å². The second-order valence-corrected chi connectivity index (χ2v) is 6.74. The highest BCUT2D eigenvalue weighted by Gasteiger charge is 2.35. The first-order valence-corrected chi connectivity index (χ1v) is 7.07. The van der Waals surface area contributed by atoms with E-state index in [0.29, 0.717) is 16.5 Å². The van der Waals surface area contributed by atoms with Crippen LogP contribution in [0.15, 0.2) is 10.5 Å². The maximum absolute atomic E-state index is 12.0. The molecule has 0 aliphatic rings. The van der Waals surface area contributed by atoms with Gasteiger partial charge in [-0.1, -0.05) is 5.16 Å². The molecular weight excluding hydrogens is 278 g/mol. The van der Waals surface area contributed by atoms with Gasteiger partial charge in [0.25, 0.3) is 0 Å². The van der Waals surface area contributed by atoms with E-state index in [2.05, 4.69) is 10.1 Å². The molecule has 1 aromatic heterocycles. The summed E-state index contributed by atoms with van der Waals surface area (Å²) in [5.74, 6) is -0.473. The molecule has 0 unspecified atom stereocenters. The average Bonchev–Trinajstić information content (AvgIpc) is 2.70. The molecule has 0 aliphatic carbocycles. The minimum Gasteiger partial charge on any atom is -0.457 e. The fourth-order valence-electron chi connectivity index (χ4n) is 1.12. The van der Waals surface area contributed by atoms with Crippen molar-refractivity contribution in [1.82, 2.24) is 4.98 Å². The normalized spacial score (nSPS) is 13.2. The van der Waals surface area contributed by atoms with E-state index in [9.17, 15) is 4.79 Å². The van der Waals surface area contributed by atoms with Gasteiger partial charge in [-0.2, -0.15) is 0 Å². The highest BCUT2D eigenvalue weighted by molar-refractivity contribution is 7.13. The number of nitrogen functional groups attached to an aromatic ring is 1. The van der Waals surface area contributed by atoms with Crippen LogP contribution in [-0.4, -0.2) is 27.9 Å². The third-order valence-corrected chi connectivity index (χ3v) is 2.87. The second kappa shape index (κ2) is 5.78. The lowest BCUT2D eigenvalue weighted by Crippen LogP contribution is -2.40. The average molecular weight is 299 g/mol. The third-order valence-electron chi connectivity index (χ3n) is 2.19. The number of hydrogen-bond acceptors (Lipinski definition) is 7. The minimum atomic E-state index is -1.17. The van der Waals surface area contributed by atoms with Crippen LogP contribution in [0.2, 0.25) is 0 Å². The number of anilines is 1. The van der Waals surface area contributed by atoms with E-state index in [1.807, 2.05) is 0 Å². The monoisotopic (exact) mass is 299 g/mol. The lowest BCUT2D eigenvalue weighted by Gasteiger charge is -2.26. The predicted molar refractivity (Wildman–Crippen MR) is 79.7 cm³/mol. The Labute approximate surface area is 123 Å². The number of nitrogens with zero attached hydrogens (tertiary/aromatic N) is 2. The molecule has 0 bridgehead atoms.